The highest BCUT2D eigenvalue weighted by molar-refractivity contribution is 7.89. The van der Waals surface area contributed by atoms with Gasteiger partial charge in [0.15, 0.2) is 0 Å². The third-order valence-electron chi connectivity index (χ3n) is 3.07. The summed E-state index contributed by atoms with van der Waals surface area (Å²) in [6.07, 6.45) is 1.32. The van der Waals surface area contributed by atoms with Crippen molar-refractivity contribution in [2.75, 3.05) is 0 Å². The molecule has 0 saturated heterocycles. The molecule has 0 fully saturated rings. The van der Waals surface area contributed by atoms with Crippen molar-refractivity contribution < 1.29 is 18.3 Å². The first-order valence-electron chi connectivity index (χ1n) is 7.38. The first-order valence-corrected chi connectivity index (χ1v) is 8.87. The molecule has 24 heavy (non-hydrogen) atoms. The zero-order valence-corrected chi connectivity index (χ0v) is 14.6. The Kier molecular flexibility index (Phi) is 5.05. The largest absolute Gasteiger partial charge is 0.481 e. The van der Waals surface area contributed by atoms with E-state index in [1.54, 1.807) is 51.1 Å². The summed E-state index contributed by atoms with van der Waals surface area (Å²) < 4.78 is 27.9. The third-order valence-corrected chi connectivity index (χ3v) is 4.89. The number of sulfonamides is 1. The smallest absolute Gasteiger partial charge is 0.307 e. The van der Waals surface area contributed by atoms with Gasteiger partial charge in [-0.15, -0.1) is 0 Å². The maximum Gasteiger partial charge on any atom is 0.307 e. The number of hydrogen-bond donors (Lipinski definition) is 2. The fourth-order valence-electron chi connectivity index (χ4n) is 2.23. The number of nitrogens with one attached hydrogen (secondary N) is 1. The lowest BCUT2D eigenvalue weighted by Gasteiger charge is -2.21. The van der Waals surface area contributed by atoms with Gasteiger partial charge in [-0.1, -0.05) is 24.3 Å². The molecule has 7 heteroatoms. The number of aliphatic carboxylic acids is 1. The van der Waals surface area contributed by atoms with E-state index >= 15 is 0 Å². The van der Waals surface area contributed by atoms with Crippen molar-refractivity contribution in [2.24, 2.45) is 0 Å². The van der Waals surface area contributed by atoms with Crippen LogP contribution in [0.1, 0.15) is 26.3 Å². The van der Waals surface area contributed by atoms with E-state index in [9.17, 15) is 13.2 Å². The van der Waals surface area contributed by atoms with Gasteiger partial charge in [0.05, 0.1) is 17.0 Å². The highest BCUT2D eigenvalue weighted by Crippen LogP contribution is 2.26. The molecule has 0 aliphatic heterocycles. The van der Waals surface area contributed by atoms with Crippen LogP contribution in [-0.4, -0.2) is 30.0 Å². The Balaban J connectivity index is 2.44. The van der Waals surface area contributed by atoms with Gasteiger partial charge in [0.1, 0.15) is 0 Å². The molecular formula is C17H20N2O4S. The lowest BCUT2D eigenvalue weighted by molar-refractivity contribution is -0.136. The number of rotatable bonds is 5. The van der Waals surface area contributed by atoms with Crippen LogP contribution in [-0.2, 0) is 21.2 Å². The average Bonchev–Trinajstić information content (AvgIpc) is 2.45. The van der Waals surface area contributed by atoms with E-state index in [2.05, 4.69) is 9.71 Å². The van der Waals surface area contributed by atoms with Crippen molar-refractivity contribution in [3.05, 3.63) is 48.2 Å². The zero-order valence-electron chi connectivity index (χ0n) is 13.8. The number of hydrogen-bond acceptors (Lipinski definition) is 4. The van der Waals surface area contributed by atoms with Gasteiger partial charge in [-0.2, -0.15) is 0 Å². The first kappa shape index (κ1) is 18.1. The maximum absolute atomic E-state index is 12.6. The number of nitrogens with zero attached hydrogens (tertiary/aromatic N) is 1. The summed E-state index contributed by atoms with van der Waals surface area (Å²) >= 11 is 0. The molecule has 128 valence electrons. The molecule has 0 aliphatic rings. The summed E-state index contributed by atoms with van der Waals surface area (Å²) in [5.41, 5.74) is 0.889. The number of benzene rings is 1. The van der Waals surface area contributed by atoms with Gasteiger partial charge in [-0.05, 0) is 38.5 Å². The quantitative estimate of drug-likeness (QED) is 0.865. The fourth-order valence-corrected chi connectivity index (χ4v) is 3.87. The van der Waals surface area contributed by atoms with E-state index in [-0.39, 0.29) is 11.3 Å². The molecule has 0 radical (unpaired) electrons. The number of carboxylic acid groups (broad SMARTS) is 1. The lowest BCUT2D eigenvalue weighted by atomic mass is 10.1. The molecule has 1 aromatic heterocycles. The molecule has 2 rings (SSSR count). The molecule has 2 N–H and O–H groups in total. The van der Waals surface area contributed by atoms with Crippen LogP contribution in [0, 0.1) is 0 Å². The van der Waals surface area contributed by atoms with Crippen LogP contribution in [0.15, 0.2) is 47.5 Å². The molecule has 0 unspecified atom stereocenters. The van der Waals surface area contributed by atoms with Crippen molar-refractivity contribution in [2.45, 2.75) is 37.6 Å². The average molecular weight is 348 g/mol. The number of pyridine rings is 1. The van der Waals surface area contributed by atoms with E-state index < -0.39 is 21.5 Å². The minimum absolute atomic E-state index is 0.126. The Labute approximate surface area is 141 Å². The van der Waals surface area contributed by atoms with Gasteiger partial charge in [-0.25, -0.2) is 13.1 Å². The monoisotopic (exact) mass is 348 g/mol. The van der Waals surface area contributed by atoms with Crippen LogP contribution in [0.3, 0.4) is 0 Å². The Bertz CT molecular complexity index is 838. The highest BCUT2D eigenvalue weighted by Gasteiger charge is 2.25. The lowest BCUT2D eigenvalue weighted by Crippen LogP contribution is -2.40. The predicted molar refractivity (Wildman–Crippen MR) is 91.1 cm³/mol. The van der Waals surface area contributed by atoms with E-state index in [4.69, 9.17) is 5.11 Å². The molecule has 6 nitrogen and oxygen atoms in total. The summed E-state index contributed by atoms with van der Waals surface area (Å²) in [6, 6.07) is 9.85. The molecule has 1 heterocycles. The standard InChI is InChI=1S/C17H20N2O4S/c1-17(2,3)19-24(22,23)15-7-5-4-6-13(15)14-9-8-12(11-18-14)10-16(20)21/h4-9,11,19H,10H2,1-3H3,(H,20,21). The van der Waals surface area contributed by atoms with E-state index in [0.29, 0.717) is 16.8 Å². The van der Waals surface area contributed by atoms with Gasteiger partial charge in [-0.3, -0.25) is 9.78 Å². The summed E-state index contributed by atoms with van der Waals surface area (Å²) in [5, 5.41) is 8.80. The Hall–Kier alpha value is -2.25. The van der Waals surface area contributed by atoms with Crippen LogP contribution in [0.25, 0.3) is 11.3 Å². The summed E-state index contributed by atoms with van der Waals surface area (Å²) in [4.78, 5) is 15.1. The van der Waals surface area contributed by atoms with Crippen LogP contribution in [0.5, 0.6) is 0 Å². The Morgan fingerprint density at radius 3 is 2.38 bits per heavy atom. The van der Waals surface area contributed by atoms with Crippen molar-refractivity contribution in [3.63, 3.8) is 0 Å². The van der Waals surface area contributed by atoms with E-state index in [1.165, 1.54) is 12.3 Å². The third kappa shape index (κ3) is 4.62. The minimum atomic E-state index is -3.71. The number of carboxylic acids is 1. The second kappa shape index (κ2) is 6.70. The first-order chi connectivity index (χ1) is 11.1. The van der Waals surface area contributed by atoms with Crippen LogP contribution in [0.2, 0.25) is 0 Å². The molecule has 0 amide bonds. The van der Waals surface area contributed by atoms with Gasteiger partial charge in [0.2, 0.25) is 10.0 Å². The van der Waals surface area contributed by atoms with Crippen molar-refractivity contribution in [1.29, 1.82) is 0 Å². The van der Waals surface area contributed by atoms with Crippen molar-refractivity contribution >= 4 is 16.0 Å². The van der Waals surface area contributed by atoms with Gasteiger partial charge < -0.3 is 5.11 Å². The van der Waals surface area contributed by atoms with E-state index in [0.717, 1.165) is 0 Å². The summed E-state index contributed by atoms with van der Waals surface area (Å²) in [5.74, 6) is -0.943. The number of carbonyl (C=O) groups is 1. The topological polar surface area (TPSA) is 96.4 Å². The molecule has 0 saturated carbocycles. The normalized spacial score (nSPS) is 12.1. The second-order valence-electron chi connectivity index (χ2n) is 6.47. The van der Waals surface area contributed by atoms with Gasteiger partial charge in [0.25, 0.3) is 0 Å². The molecule has 2 aromatic rings. The molecule has 0 spiro atoms. The second-order valence-corrected chi connectivity index (χ2v) is 8.12. The van der Waals surface area contributed by atoms with Crippen molar-refractivity contribution in [3.8, 4) is 11.3 Å². The van der Waals surface area contributed by atoms with Crippen LogP contribution < -0.4 is 4.72 Å². The van der Waals surface area contributed by atoms with Crippen LogP contribution >= 0.6 is 0 Å². The Morgan fingerprint density at radius 1 is 1.17 bits per heavy atom. The molecular weight excluding hydrogens is 328 g/mol. The predicted octanol–water partition coefficient (Wildman–Crippen LogP) is 2.45. The maximum atomic E-state index is 12.6. The SMILES string of the molecule is CC(C)(C)NS(=O)(=O)c1ccccc1-c1ccc(CC(=O)O)cn1. The van der Waals surface area contributed by atoms with Crippen LogP contribution in [0.4, 0.5) is 0 Å². The highest BCUT2D eigenvalue weighted by atomic mass is 32.2. The Morgan fingerprint density at radius 2 is 1.83 bits per heavy atom. The molecule has 0 aliphatic carbocycles. The molecule has 0 bridgehead atoms. The van der Waals surface area contributed by atoms with E-state index in [1.807, 2.05) is 0 Å². The molecule has 1 aromatic carbocycles. The minimum Gasteiger partial charge on any atom is -0.481 e. The fraction of sp³-hybridized carbons (Fsp3) is 0.294. The van der Waals surface area contributed by atoms with Gasteiger partial charge >= 0.3 is 5.97 Å². The van der Waals surface area contributed by atoms with Gasteiger partial charge in [0, 0.05) is 17.3 Å². The zero-order chi connectivity index (χ0) is 18.0. The number of aromatic nitrogens is 1. The molecule has 0 atom stereocenters. The van der Waals surface area contributed by atoms with Crippen molar-refractivity contribution in [1.82, 2.24) is 9.71 Å². The summed E-state index contributed by atoms with van der Waals surface area (Å²) in [7, 11) is -3.71. The summed E-state index contributed by atoms with van der Waals surface area (Å²) in [6.45, 7) is 5.31.